The van der Waals surface area contributed by atoms with Gasteiger partial charge in [-0.3, -0.25) is 9.59 Å². The van der Waals surface area contributed by atoms with Crippen molar-refractivity contribution in [2.75, 3.05) is 0 Å². The molecule has 0 atom stereocenters. The highest BCUT2D eigenvalue weighted by Gasteiger charge is 2.18. The average molecular weight is 551 g/mol. The third-order valence-corrected chi connectivity index (χ3v) is 8.10. The summed E-state index contributed by atoms with van der Waals surface area (Å²) in [6.45, 7) is 11.1. The summed E-state index contributed by atoms with van der Waals surface area (Å²) in [5.41, 5.74) is 0. The molecule has 0 N–H and O–H groups in total. The minimum Gasteiger partial charge on any atom is -0.547 e. The number of carbonyl (C=O) groups excluding carboxylic acids is 2. The Bertz CT molecular complexity index is 591. The molecule has 0 fully saturated rings. The third kappa shape index (κ3) is 28.1. The number of allylic oxidation sites excluding steroid dienone is 2. The van der Waals surface area contributed by atoms with Gasteiger partial charge in [-0.05, 0) is 45.3 Å². The van der Waals surface area contributed by atoms with Crippen molar-refractivity contribution < 1.29 is 14.0 Å². The lowest BCUT2D eigenvalue weighted by atomic mass is 10.0. The van der Waals surface area contributed by atoms with Crippen LogP contribution in [0.4, 0.5) is 0 Å². The van der Waals surface area contributed by atoms with Gasteiger partial charge in [-0.1, -0.05) is 123 Å². The second-order valence-electron chi connectivity index (χ2n) is 12.5. The number of rotatable bonds is 29. The molecule has 38 heavy (non-hydrogen) atoms. The molecule has 0 aliphatic heterocycles. The largest absolute Gasteiger partial charge is 0.547 e. The van der Waals surface area contributed by atoms with Gasteiger partial charge in [0.25, 0.3) is 0 Å². The summed E-state index contributed by atoms with van der Waals surface area (Å²) in [5.74, 6) is 1.62. The Morgan fingerprint density at radius 3 is 1.26 bits per heavy atom. The van der Waals surface area contributed by atoms with Crippen molar-refractivity contribution in [2.45, 2.75) is 194 Å². The molecule has 0 aromatic rings. The number of hydrogen-bond acceptors (Lipinski definition) is 3. The van der Waals surface area contributed by atoms with Crippen LogP contribution in [0.25, 0.3) is 0 Å². The second-order valence-corrected chi connectivity index (χ2v) is 17.0. The quantitative estimate of drug-likeness (QED) is 0.0402. The smallest absolute Gasteiger partial charge is 0.241 e. The van der Waals surface area contributed by atoms with Crippen molar-refractivity contribution in [2.24, 2.45) is 0 Å². The van der Waals surface area contributed by atoms with Crippen molar-refractivity contribution in [3.63, 3.8) is 0 Å². The van der Waals surface area contributed by atoms with Gasteiger partial charge in [0.05, 0.1) is 5.76 Å². The van der Waals surface area contributed by atoms with Crippen molar-refractivity contribution >= 4 is 19.9 Å². The van der Waals surface area contributed by atoms with Crippen LogP contribution in [0.2, 0.25) is 19.6 Å². The molecule has 0 aliphatic carbocycles. The van der Waals surface area contributed by atoms with Crippen LogP contribution in [0.5, 0.6) is 0 Å². The van der Waals surface area contributed by atoms with Crippen molar-refractivity contribution in [1.29, 1.82) is 0 Å². The van der Waals surface area contributed by atoms with Crippen LogP contribution in [-0.4, -0.2) is 19.9 Å². The van der Waals surface area contributed by atoms with Gasteiger partial charge in [0.15, 0.2) is 5.78 Å². The lowest BCUT2D eigenvalue weighted by Gasteiger charge is -2.22. The summed E-state index contributed by atoms with van der Waals surface area (Å²) in [5, 5.41) is 0. The highest BCUT2D eigenvalue weighted by atomic mass is 28.4. The van der Waals surface area contributed by atoms with Crippen LogP contribution in [-0.2, 0) is 14.0 Å². The fraction of sp³-hybridized carbons (Fsp3) is 0.882. The molecule has 0 radical (unpaired) electrons. The van der Waals surface area contributed by atoms with E-state index in [2.05, 4.69) is 33.5 Å². The third-order valence-electron chi connectivity index (χ3n) is 7.22. The maximum Gasteiger partial charge on any atom is 0.241 e. The Balaban J connectivity index is 3.98. The molecule has 0 heterocycles. The van der Waals surface area contributed by atoms with Crippen LogP contribution in [0.1, 0.15) is 174 Å². The zero-order chi connectivity index (χ0) is 28.3. The van der Waals surface area contributed by atoms with Crippen molar-refractivity contribution in [1.82, 2.24) is 0 Å². The molecule has 0 rings (SSSR count). The van der Waals surface area contributed by atoms with Crippen LogP contribution >= 0.6 is 0 Å². The maximum atomic E-state index is 12.6. The molecule has 0 aliphatic rings. The fourth-order valence-corrected chi connectivity index (χ4v) is 5.91. The molecule has 0 saturated heterocycles. The molecule has 224 valence electrons. The van der Waals surface area contributed by atoms with E-state index in [9.17, 15) is 9.59 Å². The topological polar surface area (TPSA) is 43.4 Å². The van der Waals surface area contributed by atoms with E-state index < -0.39 is 8.32 Å². The van der Waals surface area contributed by atoms with Gasteiger partial charge in [-0.15, -0.1) is 0 Å². The Hall–Kier alpha value is -0.903. The molecule has 0 aromatic carbocycles. The first-order valence-corrected chi connectivity index (χ1v) is 20.1. The summed E-state index contributed by atoms with van der Waals surface area (Å²) in [6.07, 6.45) is 30.9. The summed E-state index contributed by atoms with van der Waals surface area (Å²) < 4.78 is 6.28. The molecule has 4 heteroatoms. The maximum absolute atomic E-state index is 12.6. The fourth-order valence-electron chi connectivity index (χ4n) is 4.96. The standard InChI is InChI=1S/C34H66O3Si/c1-6-8-10-12-13-14-15-16-17-21-25-29-33(36)31-34(37-38(3,4)5)30-26-22-19-18-20-24-28-32(35)27-23-11-9-7-2/h31H,6-30H2,1-5H3/b34-31-. The Morgan fingerprint density at radius 1 is 0.500 bits per heavy atom. The second kappa shape index (κ2) is 26.3. The van der Waals surface area contributed by atoms with Crippen molar-refractivity contribution in [3.8, 4) is 0 Å². The number of carbonyl (C=O) groups is 2. The van der Waals surface area contributed by atoms with Gasteiger partial charge in [-0.25, -0.2) is 0 Å². The predicted molar refractivity (Wildman–Crippen MR) is 169 cm³/mol. The number of Topliss-reactive ketones (excluding diaryl/α,β-unsaturated/α-hetero) is 1. The molecule has 0 amide bonds. The van der Waals surface area contributed by atoms with Gasteiger partial charge in [0.2, 0.25) is 8.32 Å². The summed E-state index contributed by atoms with van der Waals surface area (Å²) in [4.78, 5) is 24.5. The van der Waals surface area contributed by atoms with Crippen molar-refractivity contribution in [3.05, 3.63) is 11.8 Å². The normalized spacial score (nSPS) is 12.2. The van der Waals surface area contributed by atoms with Gasteiger partial charge in [0.1, 0.15) is 5.78 Å². The van der Waals surface area contributed by atoms with E-state index in [0.29, 0.717) is 12.2 Å². The van der Waals surface area contributed by atoms with Crippen LogP contribution in [0.15, 0.2) is 11.8 Å². The lowest BCUT2D eigenvalue weighted by Crippen LogP contribution is -2.25. The van der Waals surface area contributed by atoms with E-state index in [1.165, 1.54) is 103 Å². The van der Waals surface area contributed by atoms with E-state index in [0.717, 1.165) is 57.1 Å². The van der Waals surface area contributed by atoms with E-state index in [1.807, 2.05) is 6.08 Å². The van der Waals surface area contributed by atoms with Gasteiger partial charge >= 0.3 is 0 Å². The molecule has 0 spiro atoms. The molecule has 0 unspecified atom stereocenters. The van der Waals surface area contributed by atoms with Gasteiger partial charge < -0.3 is 4.43 Å². The SMILES string of the molecule is CCCCCCCCCCCCCC(=O)/C=C(/CCCCCCCCC(=O)CCCCCC)O[Si](C)(C)C. The molecule has 0 bridgehead atoms. The Labute approximate surface area is 239 Å². The molecule has 0 saturated carbocycles. The van der Waals surface area contributed by atoms with Crippen LogP contribution < -0.4 is 0 Å². The minimum atomic E-state index is -1.72. The zero-order valence-corrected chi connectivity index (χ0v) is 27.5. The Morgan fingerprint density at radius 2 is 0.842 bits per heavy atom. The van der Waals surface area contributed by atoms with Crippen LogP contribution in [0.3, 0.4) is 0 Å². The van der Waals surface area contributed by atoms with Gasteiger partial charge in [-0.2, -0.15) is 0 Å². The summed E-state index contributed by atoms with van der Waals surface area (Å²) in [7, 11) is -1.72. The van der Waals surface area contributed by atoms with Crippen LogP contribution in [0, 0.1) is 0 Å². The highest BCUT2D eigenvalue weighted by molar-refractivity contribution is 6.70. The zero-order valence-electron chi connectivity index (χ0n) is 26.5. The number of ketones is 2. The Kier molecular flexibility index (Phi) is 25.7. The number of unbranched alkanes of at least 4 members (excludes halogenated alkanes) is 18. The first-order valence-electron chi connectivity index (χ1n) is 16.7. The van der Waals surface area contributed by atoms with E-state index in [4.69, 9.17) is 4.43 Å². The van der Waals surface area contributed by atoms with Gasteiger partial charge in [0, 0.05) is 31.8 Å². The lowest BCUT2D eigenvalue weighted by molar-refractivity contribution is -0.119. The van der Waals surface area contributed by atoms with E-state index in [1.54, 1.807) is 0 Å². The first-order chi connectivity index (χ1) is 18.3. The highest BCUT2D eigenvalue weighted by Crippen LogP contribution is 2.19. The molecular formula is C34H66O3Si. The summed E-state index contributed by atoms with van der Waals surface area (Å²) >= 11 is 0. The van der Waals surface area contributed by atoms with E-state index in [-0.39, 0.29) is 5.78 Å². The predicted octanol–water partition coefficient (Wildman–Crippen LogP) is 11.7. The summed E-state index contributed by atoms with van der Waals surface area (Å²) in [6, 6.07) is 0. The molecule has 0 aromatic heterocycles. The molecular weight excluding hydrogens is 484 g/mol. The number of hydrogen-bond donors (Lipinski definition) is 0. The average Bonchev–Trinajstić information content (AvgIpc) is 2.85. The van der Waals surface area contributed by atoms with E-state index >= 15 is 0 Å². The first kappa shape index (κ1) is 37.1. The minimum absolute atomic E-state index is 0.244. The molecule has 3 nitrogen and oxygen atoms in total. The monoisotopic (exact) mass is 550 g/mol.